The number of amides is 1. The first-order valence-electron chi connectivity index (χ1n) is 9.45. The molecule has 4 rings (SSSR count). The highest BCUT2D eigenvalue weighted by molar-refractivity contribution is 5.78. The maximum atomic E-state index is 12.0. The number of carbonyl (C=O) groups excluding carboxylic acids is 1. The SMILES string of the molecule is Cc1ccc(CNC(=O)COc2ccc(-c3cnc4ccccc4n3)cc2)cc1. The maximum absolute atomic E-state index is 12.0. The summed E-state index contributed by atoms with van der Waals surface area (Å²) in [5, 5.41) is 2.86. The summed E-state index contributed by atoms with van der Waals surface area (Å²) < 4.78 is 5.59. The Balaban J connectivity index is 1.32. The van der Waals surface area contributed by atoms with Crippen LogP contribution in [0.3, 0.4) is 0 Å². The van der Waals surface area contributed by atoms with E-state index in [0.29, 0.717) is 12.3 Å². The van der Waals surface area contributed by atoms with Crippen LogP contribution in [-0.4, -0.2) is 22.5 Å². The fourth-order valence-corrected chi connectivity index (χ4v) is 2.92. The molecule has 4 aromatic rings. The summed E-state index contributed by atoms with van der Waals surface area (Å²) in [6.45, 7) is 2.50. The first-order chi connectivity index (χ1) is 14.2. The zero-order valence-corrected chi connectivity index (χ0v) is 16.1. The average molecular weight is 383 g/mol. The summed E-state index contributed by atoms with van der Waals surface area (Å²) in [5.41, 5.74) is 5.72. The highest BCUT2D eigenvalue weighted by Crippen LogP contribution is 2.22. The molecule has 0 atom stereocenters. The molecule has 0 aliphatic heterocycles. The standard InChI is InChI=1S/C24H21N3O2/c1-17-6-8-18(9-7-17)14-26-24(28)16-29-20-12-10-19(11-13-20)23-15-25-21-4-2-3-5-22(21)27-23/h2-13,15H,14,16H2,1H3,(H,26,28). The molecule has 0 radical (unpaired) electrons. The molecule has 144 valence electrons. The van der Waals surface area contributed by atoms with E-state index >= 15 is 0 Å². The van der Waals surface area contributed by atoms with Gasteiger partial charge in [0.15, 0.2) is 6.61 Å². The first-order valence-corrected chi connectivity index (χ1v) is 9.45. The molecule has 1 aromatic heterocycles. The van der Waals surface area contributed by atoms with Gasteiger partial charge >= 0.3 is 0 Å². The predicted octanol–water partition coefficient (Wildman–Crippen LogP) is 4.30. The van der Waals surface area contributed by atoms with Gasteiger partial charge in [0.2, 0.25) is 0 Å². The molecule has 0 fully saturated rings. The second kappa shape index (κ2) is 8.52. The molecule has 1 heterocycles. The number of para-hydroxylation sites is 2. The number of rotatable bonds is 6. The minimum absolute atomic E-state index is 0.0268. The lowest BCUT2D eigenvalue weighted by Crippen LogP contribution is -2.28. The number of hydrogen-bond donors (Lipinski definition) is 1. The Morgan fingerprint density at radius 1 is 0.931 bits per heavy atom. The zero-order chi connectivity index (χ0) is 20.1. The van der Waals surface area contributed by atoms with Gasteiger partial charge in [-0.1, -0.05) is 42.0 Å². The van der Waals surface area contributed by atoms with Crippen molar-refractivity contribution in [3.05, 3.63) is 90.1 Å². The molecule has 0 bridgehead atoms. The number of benzene rings is 3. The lowest BCUT2D eigenvalue weighted by molar-refractivity contribution is -0.123. The van der Waals surface area contributed by atoms with Crippen molar-refractivity contribution in [1.29, 1.82) is 0 Å². The second-order valence-electron chi connectivity index (χ2n) is 6.82. The van der Waals surface area contributed by atoms with Gasteiger partial charge in [-0.2, -0.15) is 0 Å². The van der Waals surface area contributed by atoms with Gasteiger partial charge in [0.05, 0.1) is 22.9 Å². The van der Waals surface area contributed by atoms with E-state index in [2.05, 4.69) is 15.3 Å². The van der Waals surface area contributed by atoms with E-state index in [-0.39, 0.29) is 12.5 Å². The summed E-state index contributed by atoms with van der Waals surface area (Å²) in [7, 11) is 0. The number of carbonyl (C=O) groups is 1. The van der Waals surface area contributed by atoms with Crippen LogP contribution < -0.4 is 10.1 Å². The fraction of sp³-hybridized carbons (Fsp3) is 0.125. The van der Waals surface area contributed by atoms with Crippen molar-refractivity contribution in [3.63, 3.8) is 0 Å². The lowest BCUT2D eigenvalue weighted by atomic mass is 10.1. The Labute approximate surface area is 169 Å². The number of nitrogens with zero attached hydrogens (tertiary/aromatic N) is 2. The summed E-state index contributed by atoms with van der Waals surface area (Å²) in [5.74, 6) is 0.475. The lowest BCUT2D eigenvalue weighted by Gasteiger charge is -2.09. The van der Waals surface area contributed by atoms with Crippen LogP contribution in [0.2, 0.25) is 0 Å². The number of aryl methyl sites for hydroxylation is 1. The van der Waals surface area contributed by atoms with Crippen molar-refractivity contribution < 1.29 is 9.53 Å². The van der Waals surface area contributed by atoms with E-state index < -0.39 is 0 Å². The molecule has 0 aliphatic carbocycles. The van der Waals surface area contributed by atoms with Gasteiger partial charge < -0.3 is 10.1 Å². The Bertz CT molecular complexity index is 1120. The molecule has 29 heavy (non-hydrogen) atoms. The van der Waals surface area contributed by atoms with E-state index in [4.69, 9.17) is 4.74 Å². The molecular formula is C24H21N3O2. The van der Waals surface area contributed by atoms with Crippen molar-refractivity contribution in [1.82, 2.24) is 15.3 Å². The fourth-order valence-electron chi connectivity index (χ4n) is 2.92. The topological polar surface area (TPSA) is 64.1 Å². The number of fused-ring (bicyclic) bond motifs is 1. The maximum Gasteiger partial charge on any atom is 0.258 e. The third kappa shape index (κ3) is 4.76. The number of nitrogens with one attached hydrogen (secondary N) is 1. The molecule has 0 aliphatic rings. The van der Waals surface area contributed by atoms with Crippen molar-refractivity contribution in [2.45, 2.75) is 13.5 Å². The van der Waals surface area contributed by atoms with E-state index in [1.165, 1.54) is 5.56 Å². The van der Waals surface area contributed by atoms with Crippen LogP contribution in [0.4, 0.5) is 0 Å². The van der Waals surface area contributed by atoms with Crippen LogP contribution in [-0.2, 0) is 11.3 Å². The van der Waals surface area contributed by atoms with Crippen LogP contribution in [0, 0.1) is 6.92 Å². The normalized spacial score (nSPS) is 10.7. The van der Waals surface area contributed by atoms with Crippen LogP contribution in [0.5, 0.6) is 5.75 Å². The molecule has 0 saturated heterocycles. The molecule has 5 heteroatoms. The Hall–Kier alpha value is -3.73. The van der Waals surface area contributed by atoms with Crippen molar-refractivity contribution >= 4 is 16.9 Å². The van der Waals surface area contributed by atoms with Crippen molar-refractivity contribution in [3.8, 4) is 17.0 Å². The summed E-state index contributed by atoms with van der Waals surface area (Å²) >= 11 is 0. The van der Waals surface area contributed by atoms with Gasteiger partial charge in [-0.25, -0.2) is 4.98 Å². The summed E-state index contributed by atoms with van der Waals surface area (Å²) in [6.07, 6.45) is 1.76. The Kier molecular flexibility index (Phi) is 5.47. The van der Waals surface area contributed by atoms with Gasteiger partial charge in [0.1, 0.15) is 5.75 Å². The van der Waals surface area contributed by atoms with Crippen LogP contribution in [0.15, 0.2) is 79.0 Å². The van der Waals surface area contributed by atoms with Gasteiger partial charge in [0, 0.05) is 12.1 Å². The molecular weight excluding hydrogens is 362 g/mol. The molecule has 0 unspecified atom stereocenters. The summed E-state index contributed by atoms with van der Waals surface area (Å²) in [4.78, 5) is 21.1. The summed E-state index contributed by atoms with van der Waals surface area (Å²) in [6, 6.07) is 23.3. The monoisotopic (exact) mass is 383 g/mol. The van der Waals surface area contributed by atoms with E-state index in [9.17, 15) is 4.79 Å². The predicted molar refractivity (Wildman–Crippen MR) is 113 cm³/mol. The van der Waals surface area contributed by atoms with Gasteiger partial charge in [-0.15, -0.1) is 0 Å². The van der Waals surface area contributed by atoms with Crippen molar-refractivity contribution in [2.75, 3.05) is 6.61 Å². The van der Waals surface area contributed by atoms with Crippen LogP contribution in [0.1, 0.15) is 11.1 Å². The van der Waals surface area contributed by atoms with Crippen molar-refractivity contribution in [2.24, 2.45) is 0 Å². The minimum Gasteiger partial charge on any atom is -0.484 e. The average Bonchev–Trinajstić information content (AvgIpc) is 2.77. The van der Waals surface area contributed by atoms with Crippen LogP contribution in [0.25, 0.3) is 22.3 Å². The number of aromatic nitrogens is 2. The molecule has 0 saturated carbocycles. The molecule has 3 aromatic carbocycles. The molecule has 0 spiro atoms. The smallest absolute Gasteiger partial charge is 0.258 e. The molecule has 5 nitrogen and oxygen atoms in total. The molecule has 1 N–H and O–H groups in total. The van der Waals surface area contributed by atoms with Crippen LogP contribution >= 0.6 is 0 Å². The van der Waals surface area contributed by atoms with E-state index in [1.807, 2.05) is 79.7 Å². The number of ether oxygens (including phenoxy) is 1. The van der Waals surface area contributed by atoms with E-state index in [0.717, 1.165) is 27.9 Å². The highest BCUT2D eigenvalue weighted by atomic mass is 16.5. The third-order valence-corrected chi connectivity index (χ3v) is 4.58. The van der Waals surface area contributed by atoms with Gasteiger partial charge in [0.25, 0.3) is 5.91 Å². The Morgan fingerprint density at radius 2 is 1.66 bits per heavy atom. The minimum atomic E-state index is -0.157. The van der Waals surface area contributed by atoms with Gasteiger partial charge in [-0.3, -0.25) is 9.78 Å². The number of hydrogen-bond acceptors (Lipinski definition) is 4. The second-order valence-corrected chi connectivity index (χ2v) is 6.82. The zero-order valence-electron chi connectivity index (χ0n) is 16.1. The first kappa shape index (κ1) is 18.6. The largest absolute Gasteiger partial charge is 0.484 e. The molecule has 1 amide bonds. The third-order valence-electron chi connectivity index (χ3n) is 4.58. The van der Waals surface area contributed by atoms with Gasteiger partial charge in [-0.05, 0) is 48.9 Å². The quantitative estimate of drug-likeness (QED) is 0.539. The van der Waals surface area contributed by atoms with E-state index in [1.54, 1.807) is 6.20 Å². The highest BCUT2D eigenvalue weighted by Gasteiger charge is 2.05. The Morgan fingerprint density at radius 3 is 2.41 bits per heavy atom.